The van der Waals surface area contributed by atoms with Gasteiger partial charge in [-0.15, -0.1) is 0 Å². The molecule has 108 valence electrons. The fraction of sp³-hybridized carbons (Fsp3) is 0.471. The second-order valence-electron chi connectivity index (χ2n) is 5.61. The van der Waals surface area contributed by atoms with Gasteiger partial charge in [0.25, 0.3) is 0 Å². The van der Waals surface area contributed by atoms with Crippen LogP contribution in [-0.2, 0) is 12.8 Å². The maximum Gasteiger partial charge on any atom is 0.0522 e. The molecular formula is C17H25N3. The smallest absolute Gasteiger partial charge is 0.0522 e. The monoisotopic (exact) mass is 271 g/mol. The summed E-state index contributed by atoms with van der Waals surface area (Å²) in [6, 6.07) is 9.15. The standard InChI is InChI=1S/C17H25N3/c1-13-7-4-5-8-16(13)11-14(2)18-10-6-9-17-12-19-20-15(17)3/h4-5,7-8,12,14,18H,6,9-11H2,1-3H3,(H,19,20)/t14-/m0/s1. The number of aromatic amines is 1. The predicted octanol–water partition coefficient (Wildman–Crippen LogP) is 3.18. The van der Waals surface area contributed by atoms with Gasteiger partial charge >= 0.3 is 0 Å². The molecule has 2 aromatic rings. The largest absolute Gasteiger partial charge is 0.314 e. The van der Waals surface area contributed by atoms with Gasteiger partial charge in [-0.1, -0.05) is 24.3 Å². The molecule has 2 rings (SSSR count). The van der Waals surface area contributed by atoms with E-state index in [4.69, 9.17) is 0 Å². The topological polar surface area (TPSA) is 40.7 Å². The first-order valence-electron chi connectivity index (χ1n) is 7.43. The van der Waals surface area contributed by atoms with E-state index in [0.29, 0.717) is 6.04 Å². The van der Waals surface area contributed by atoms with Gasteiger partial charge in [-0.2, -0.15) is 5.10 Å². The molecule has 1 aromatic carbocycles. The second kappa shape index (κ2) is 7.25. The van der Waals surface area contributed by atoms with Crippen LogP contribution in [-0.4, -0.2) is 22.8 Å². The fourth-order valence-corrected chi connectivity index (χ4v) is 2.50. The Morgan fingerprint density at radius 2 is 2.00 bits per heavy atom. The van der Waals surface area contributed by atoms with Crippen molar-refractivity contribution in [3.63, 3.8) is 0 Å². The third-order valence-corrected chi connectivity index (χ3v) is 3.84. The minimum Gasteiger partial charge on any atom is -0.314 e. The van der Waals surface area contributed by atoms with Gasteiger partial charge in [-0.25, -0.2) is 0 Å². The number of aromatic nitrogens is 2. The Morgan fingerprint density at radius 1 is 1.20 bits per heavy atom. The summed E-state index contributed by atoms with van der Waals surface area (Å²) in [5, 5.41) is 10.7. The second-order valence-corrected chi connectivity index (χ2v) is 5.61. The van der Waals surface area contributed by atoms with Gasteiger partial charge in [0, 0.05) is 11.7 Å². The number of rotatable bonds is 7. The van der Waals surface area contributed by atoms with Crippen LogP contribution in [0.1, 0.15) is 35.7 Å². The Bertz CT molecular complexity index is 531. The lowest BCUT2D eigenvalue weighted by atomic mass is 10.0. The maximum atomic E-state index is 4.06. The van der Waals surface area contributed by atoms with Crippen LogP contribution in [0.3, 0.4) is 0 Å². The lowest BCUT2D eigenvalue weighted by molar-refractivity contribution is 0.533. The Hall–Kier alpha value is -1.61. The average Bonchev–Trinajstić information content (AvgIpc) is 2.83. The zero-order valence-electron chi connectivity index (χ0n) is 12.7. The molecule has 2 N–H and O–H groups in total. The van der Waals surface area contributed by atoms with E-state index >= 15 is 0 Å². The average molecular weight is 271 g/mol. The molecule has 0 saturated heterocycles. The molecule has 3 heteroatoms. The number of aryl methyl sites for hydroxylation is 3. The zero-order valence-corrected chi connectivity index (χ0v) is 12.7. The van der Waals surface area contributed by atoms with E-state index in [0.717, 1.165) is 25.8 Å². The molecule has 0 spiro atoms. The van der Waals surface area contributed by atoms with Crippen LogP contribution in [0.2, 0.25) is 0 Å². The summed E-state index contributed by atoms with van der Waals surface area (Å²) in [4.78, 5) is 0. The predicted molar refractivity (Wildman–Crippen MR) is 84.0 cm³/mol. The van der Waals surface area contributed by atoms with Crippen molar-refractivity contribution in [3.8, 4) is 0 Å². The molecule has 0 saturated carbocycles. The maximum absolute atomic E-state index is 4.06. The number of nitrogens with zero attached hydrogens (tertiary/aromatic N) is 1. The Kier molecular flexibility index (Phi) is 5.36. The van der Waals surface area contributed by atoms with E-state index < -0.39 is 0 Å². The molecule has 1 heterocycles. The summed E-state index contributed by atoms with van der Waals surface area (Å²) >= 11 is 0. The minimum atomic E-state index is 0.515. The lowest BCUT2D eigenvalue weighted by Gasteiger charge is -2.15. The molecule has 0 amide bonds. The molecule has 20 heavy (non-hydrogen) atoms. The minimum absolute atomic E-state index is 0.515. The van der Waals surface area contributed by atoms with E-state index in [-0.39, 0.29) is 0 Å². The molecule has 0 aliphatic rings. The van der Waals surface area contributed by atoms with Gasteiger partial charge in [-0.05, 0) is 63.3 Å². The Balaban J connectivity index is 1.69. The normalized spacial score (nSPS) is 12.6. The molecule has 0 fully saturated rings. The summed E-state index contributed by atoms with van der Waals surface area (Å²) in [5.41, 5.74) is 5.35. The highest BCUT2D eigenvalue weighted by Gasteiger charge is 2.05. The first kappa shape index (κ1) is 14.8. The van der Waals surface area contributed by atoms with Crippen LogP contribution in [0, 0.1) is 13.8 Å². The highest BCUT2D eigenvalue weighted by atomic mass is 15.1. The van der Waals surface area contributed by atoms with Crippen LogP contribution in [0.15, 0.2) is 30.5 Å². The van der Waals surface area contributed by atoms with E-state index in [1.54, 1.807) is 0 Å². The fourth-order valence-electron chi connectivity index (χ4n) is 2.50. The van der Waals surface area contributed by atoms with Crippen molar-refractivity contribution in [2.45, 2.75) is 46.1 Å². The van der Waals surface area contributed by atoms with Crippen molar-refractivity contribution < 1.29 is 0 Å². The van der Waals surface area contributed by atoms with E-state index in [9.17, 15) is 0 Å². The third kappa shape index (κ3) is 4.20. The van der Waals surface area contributed by atoms with Gasteiger partial charge in [0.15, 0.2) is 0 Å². The number of benzene rings is 1. The molecule has 1 atom stereocenters. The van der Waals surface area contributed by atoms with Crippen LogP contribution in [0.4, 0.5) is 0 Å². The summed E-state index contributed by atoms with van der Waals surface area (Å²) in [6.45, 7) is 7.58. The Labute approximate surface area is 121 Å². The zero-order chi connectivity index (χ0) is 14.4. The number of H-pyrrole nitrogens is 1. The highest BCUT2D eigenvalue weighted by molar-refractivity contribution is 5.26. The van der Waals surface area contributed by atoms with Gasteiger partial charge in [-0.3, -0.25) is 5.10 Å². The van der Waals surface area contributed by atoms with Crippen molar-refractivity contribution in [1.82, 2.24) is 15.5 Å². The lowest BCUT2D eigenvalue weighted by Crippen LogP contribution is -2.29. The van der Waals surface area contributed by atoms with Crippen molar-refractivity contribution in [2.75, 3.05) is 6.54 Å². The van der Waals surface area contributed by atoms with Crippen LogP contribution < -0.4 is 5.32 Å². The first-order valence-corrected chi connectivity index (χ1v) is 7.43. The van der Waals surface area contributed by atoms with Crippen LogP contribution >= 0.6 is 0 Å². The Morgan fingerprint density at radius 3 is 2.70 bits per heavy atom. The van der Waals surface area contributed by atoms with E-state index in [2.05, 4.69) is 60.6 Å². The van der Waals surface area contributed by atoms with E-state index in [1.165, 1.54) is 22.4 Å². The van der Waals surface area contributed by atoms with Gasteiger partial charge in [0.1, 0.15) is 0 Å². The SMILES string of the molecule is Cc1ccccc1C[C@H](C)NCCCc1cn[nH]c1C. The summed E-state index contributed by atoms with van der Waals surface area (Å²) < 4.78 is 0. The summed E-state index contributed by atoms with van der Waals surface area (Å²) in [7, 11) is 0. The molecule has 0 bridgehead atoms. The van der Waals surface area contributed by atoms with Crippen molar-refractivity contribution in [2.24, 2.45) is 0 Å². The molecule has 1 aromatic heterocycles. The van der Waals surface area contributed by atoms with Crippen LogP contribution in [0.5, 0.6) is 0 Å². The van der Waals surface area contributed by atoms with Crippen molar-refractivity contribution in [3.05, 3.63) is 52.8 Å². The van der Waals surface area contributed by atoms with Gasteiger partial charge < -0.3 is 5.32 Å². The molecule has 0 unspecified atom stereocenters. The molecular weight excluding hydrogens is 246 g/mol. The molecule has 0 aliphatic heterocycles. The number of nitrogens with one attached hydrogen (secondary N) is 2. The van der Waals surface area contributed by atoms with E-state index in [1.807, 2.05) is 6.20 Å². The van der Waals surface area contributed by atoms with Crippen LogP contribution in [0.25, 0.3) is 0 Å². The highest BCUT2D eigenvalue weighted by Crippen LogP contribution is 2.10. The number of hydrogen-bond donors (Lipinski definition) is 2. The molecule has 0 radical (unpaired) electrons. The van der Waals surface area contributed by atoms with Crippen molar-refractivity contribution >= 4 is 0 Å². The molecule has 3 nitrogen and oxygen atoms in total. The van der Waals surface area contributed by atoms with Crippen molar-refractivity contribution in [1.29, 1.82) is 0 Å². The number of hydrogen-bond acceptors (Lipinski definition) is 2. The molecule has 0 aliphatic carbocycles. The first-order chi connectivity index (χ1) is 9.66. The quantitative estimate of drug-likeness (QED) is 0.759. The van der Waals surface area contributed by atoms with Gasteiger partial charge in [0.2, 0.25) is 0 Å². The summed E-state index contributed by atoms with van der Waals surface area (Å²) in [6.07, 6.45) is 5.27. The summed E-state index contributed by atoms with van der Waals surface area (Å²) in [5.74, 6) is 0. The third-order valence-electron chi connectivity index (χ3n) is 3.84. The van der Waals surface area contributed by atoms with Gasteiger partial charge in [0.05, 0.1) is 6.20 Å².